The Morgan fingerprint density at radius 3 is 2.81 bits per heavy atom. The zero-order chi connectivity index (χ0) is 15.2. The summed E-state index contributed by atoms with van der Waals surface area (Å²) in [6, 6.07) is 3.49. The van der Waals surface area contributed by atoms with Crippen LogP contribution in [0.15, 0.2) is 18.3 Å². The van der Waals surface area contributed by atoms with Crippen LogP contribution in [0.5, 0.6) is 0 Å². The number of hydrogen-bond acceptors (Lipinski definition) is 4. The van der Waals surface area contributed by atoms with E-state index < -0.39 is 0 Å². The molecule has 6 heteroatoms. The first-order valence-electron chi connectivity index (χ1n) is 6.70. The number of nitrogens with zero attached hydrogens (tertiary/aromatic N) is 2. The molecule has 110 valence electrons. The molecule has 0 bridgehead atoms. The van der Waals surface area contributed by atoms with Gasteiger partial charge in [0, 0.05) is 24.8 Å². The lowest BCUT2D eigenvalue weighted by atomic mass is 10.2. The normalized spacial score (nSPS) is 13.0. The molecule has 1 heterocycles. The molecular formula is C15H17N3O3. The lowest BCUT2D eigenvalue weighted by Gasteiger charge is -2.16. The summed E-state index contributed by atoms with van der Waals surface area (Å²) in [4.78, 5) is 29.1. The van der Waals surface area contributed by atoms with Crippen LogP contribution in [0.2, 0.25) is 0 Å². The average Bonchev–Trinajstić information content (AvgIpc) is 3.28. The summed E-state index contributed by atoms with van der Waals surface area (Å²) in [6.07, 6.45) is 3.50. The van der Waals surface area contributed by atoms with Crippen molar-refractivity contribution < 1.29 is 14.7 Å². The molecule has 0 aliphatic heterocycles. The van der Waals surface area contributed by atoms with Crippen LogP contribution >= 0.6 is 0 Å². The van der Waals surface area contributed by atoms with Crippen molar-refractivity contribution in [2.24, 2.45) is 0 Å². The van der Waals surface area contributed by atoms with E-state index in [4.69, 9.17) is 5.11 Å². The number of likely N-dealkylation sites (N-methyl/N-ethyl adjacent to an activating group) is 1. The summed E-state index contributed by atoms with van der Waals surface area (Å²) >= 11 is 0. The fourth-order valence-corrected chi connectivity index (χ4v) is 1.72. The molecule has 1 aliphatic rings. The first-order chi connectivity index (χ1) is 10.1. The van der Waals surface area contributed by atoms with Crippen molar-refractivity contribution in [1.29, 1.82) is 0 Å². The van der Waals surface area contributed by atoms with Crippen LogP contribution < -0.4 is 5.32 Å². The van der Waals surface area contributed by atoms with E-state index >= 15 is 0 Å². The minimum absolute atomic E-state index is 0.0169. The fourth-order valence-electron chi connectivity index (χ4n) is 1.72. The number of carbonyl (C=O) groups excluding carboxylic acids is 2. The highest BCUT2D eigenvalue weighted by atomic mass is 16.2. The lowest BCUT2D eigenvalue weighted by Crippen LogP contribution is -2.39. The van der Waals surface area contributed by atoms with Gasteiger partial charge in [-0.3, -0.25) is 9.59 Å². The van der Waals surface area contributed by atoms with E-state index in [-0.39, 0.29) is 36.7 Å². The molecule has 21 heavy (non-hydrogen) atoms. The number of amides is 2. The summed E-state index contributed by atoms with van der Waals surface area (Å²) in [5.74, 6) is 4.73. The highest BCUT2D eigenvalue weighted by Gasteiger charge is 2.24. The van der Waals surface area contributed by atoms with Gasteiger partial charge in [-0.15, -0.1) is 0 Å². The van der Waals surface area contributed by atoms with Crippen molar-refractivity contribution in [1.82, 2.24) is 15.2 Å². The smallest absolute Gasteiger partial charge is 0.272 e. The Morgan fingerprint density at radius 1 is 1.48 bits per heavy atom. The van der Waals surface area contributed by atoms with E-state index in [9.17, 15) is 9.59 Å². The van der Waals surface area contributed by atoms with Gasteiger partial charge >= 0.3 is 0 Å². The number of rotatable bonds is 4. The molecule has 0 aromatic carbocycles. The van der Waals surface area contributed by atoms with Gasteiger partial charge in [0.25, 0.3) is 5.91 Å². The highest BCUT2D eigenvalue weighted by molar-refractivity contribution is 5.94. The van der Waals surface area contributed by atoms with E-state index in [0.717, 1.165) is 12.8 Å². The van der Waals surface area contributed by atoms with Crippen LogP contribution in [0.25, 0.3) is 0 Å². The Bertz CT molecular complexity index is 582. The third-order valence-corrected chi connectivity index (χ3v) is 2.96. The molecule has 1 saturated carbocycles. The van der Waals surface area contributed by atoms with E-state index in [1.165, 1.54) is 11.1 Å². The van der Waals surface area contributed by atoms with E-state index in [2.05, 4.69) is 22.1 Å². The lowest BCUT2D eigenvalue weighted by molar-refractivity contribution is -0.121. The maximum absolute atomic E-state index is 12.1. The van der Waals surface area contributed by atoms with Crippen LogP contribution in [0.1, 0.15) is 28.9 Å². The summed E-state index contributed by atoms with van der Waals surface area (Å²) in [5, 5.41) is 11.4. The number of nitrogens with one attached hydrogen (secondary N) is 1. The second-order valence-electron chi connectivity index (χ2n) is 4.90. The maximum atomic E-state index is 12.1. The Kier molecular flexibility index (Phi) is 4.90. The third-order valence-electron chi connectivity index (χ3n) is 2.96. The van der Waals surface area contributed by atoms with Crippen LogP contribution in [0, 0.1) is 11.8 Å². The molecule has 0 unspecified atom stereocenters. The second-order valence-corrected chi connectivity index (χ2v) is 4.90. The van der Waals surface area contributed by atoms with Crippen LogP contribution in [0.3, 0.4) is 0 Å². The number of hydrogen-bond donors (Lipinski definition) is 2. The molecule has 1 aromatic rings. The van der Waals surface area contributed by atoms with Gasteiger partial charge in [0.2, 0.25) is 5.91 Å². The van der Waals surface area contributed by atoms with Crippen molar-refractivity contribution in [3.63, 3.8) is 0 Å². The Morgan fingerprint density at radius 2 is 2.24 bits per heavy atom. The Labute approximate surface area is 123 Å². The molecular weight excluding hydrogens is 270 g/mol. The Hall–Kier alpha value is -2.39. The maximum Gasteiger partial charge on any atom is 0.272 e. The minimum atomic E-state index is -0.317. The second kappa shape index (κ2) is 6.86. The van der Waals surface area contributed by atoms with E-state index in [0.29, 0.717) is 5.56 Å². The average molecular weight is 287 g/mol. The largest absolute Gasteiger partial charge is 0.384 e. The monoisotopic (exact) mass is 287 g/mol. The molecule has 1 aromatic heterocycles. The molecule has 2 N–H and O–H groups in total. The number of pyridine rings is 1. The van der Waals surface area contributed by atoms with Gasteiger partial charge in [-0.05, 0) is 25.0 Å². The number of aliphatic hydroxyl groups excluding tert-OH is 1. The van der Waals surface area contributed by atoms with Crippen LogP contribution in [0.4, 0.5) is 0 Å². The molecule has 6 nitrogen and oxygen atoms in total. The molecule has 0 radical (unpaired) electrons. The van der Waals surface area contributed by atoms with Crippen LogP contribution in [-0.4, -0.2) is 53.0 Å². The summed E-state index contributed by atoms with van der Waals surface area (Å²) in [7, 11) is 1.57. The van der Waals surface area contributed by atoms with Gasteiger partial charge in [0.1, 0.15) is 12.3 Å². The van der Waals surface area contributed by atoms with Gasteiger partial charge in [0.15, 0.2) is 0 Å². The van der Waals surface area contributed by atoms with Gasteiger partial charge < -0.3 is 15.3 Å². The molecule has 1 fully saturated rings. The molecule has 2 amide bonds. The predicted octanol–water partition coefficient (Wildman–Crippen LogP) is -0.224. The van der Waals surface area contributed by atoms with Gasteiger partial charge in [-0.25, -0.2) is 4.98 Å². The van der Waals surface area contributed by atoms with Crippen molar-refractivity contribution >= 4 is 11.8 Å². The Balaban J connectivity index is 1.93. The topological polar surface area (TPSA) is 82.5 Å². The van der Waals surface area contributed by atoms with E-state index in [1.54, 1.807) is 19.2 Å². The van der Waals surface area contributed by atoms with Crippen molar-refractivity contribution in [2.75, 3.05) is 20.2 Å². The zero-order valence-corrected chi connectivity index (χ0v) is 11.8. The SMILES string of the molecule is CN(CC(=O)NC1CC1)C(=O)c1ccc(C#CCO)cn1. The number of carbonyl (C=O) groups is 2. The van der Waals surface area contributed by atoms with E-state index in [1.807, 2.05) is 0 Å². The quantitative estimate of drug-likeness (QED) is 0.750. The van der Waals surface area contributed by atoms with Gasteiger partial charge in [-0.2, -0.15) is 0 Å². The van der Waals surface area contributed by atoms with Gasteiger partial charge in [-0.1, -0.05) is 11.8 Å². The molecule has 0 spiro atoms. The number of aliphatic hydroxyl groups is 1. The van der Waals surface area contributed by atoms with Crippen molar-refractivity contribution in [3.05, 3.63) is 29.6 Å². The highest BCUT2D eigenvalue weighted by Crippen LogP contribution is 2.18. The first-order valence-corrected chi connectivity index (χ1v) is 6.70. The van der Waals surface area contributed by atoms with Gasteiger partial charge in [0.05, 0.1) is 6.54 Å². The van der Waals surface area contributed by atoms with Crippen molar-refractivity contribution in [2.45, 2.75) is 18.9 Å². The predicted molar refractivity (Wildman–Crippen MR) is 76.3 cm³/mol. The molecule has 1 aliphatic carbocycles. The fraction of sp³-hybridized carbons (Fsp3) is 0.400. The summed E-state index contributed by atoms with van der Waals surface area (Å²) in [6.45, 7) is -0.206. The number of aromatic nitrogens is 1. The zero-order valence-electron chi connectivity index (χ0n) is 11.8. The van der Waals surface area contributed by atoms with Crippen molar-refractivity contribution in [3.8, 4) is 11.8 Å². The third kappa shape index (κ3) is 4.58. The summed E-state index contributed by atoms with van der Waals surface area (Å²) in [5.41, 5.74) is 0.876. The van der Waals surface area contributed by atoms with Crippen LogP contribution in [-0.2, 0) is 4.79 Å². The molecule has 0 saturated heterocycles. The first kappa shape index (κ1) is 15.0. The molecule has 0 atom stereocenters. The summed E-state index contributed by atoms with van der Waals surface area (Å²) < 4.78 is 0. The minimum Gasteiger partial charge on any atom is -0.384 e. The standard InChI is InChI=1S/C15H17N3O3/c1-18(10-14(20)17-12-5-6-12)15(21)13-7-4-11(9-16-13)3-2-8-19/h4,7,9,12,19H,5-6,8,10H2,1H3,(H,17,20). The molecule has 2 rings (SSSR count).